The minimum absolute atomic E-state index is 1.05. The standard InChI is InChI=1S/C43H27NS/c1-3-12-29(13-4-1)41-34-17-7-8-18-35(34)42(30-14-5-2-6-15-30)38-27-36-32(26-37(38)41)16-11-19-33(36)28-22-24-31(25-23-28)43-44-39-20-9-10-21-40(39)45-43/h1-27H. The van der Waals surface area contributed by atoms with Crippen LogP contribution in [0.5, 0.6) is 0 Å². The zero-order chi connectivity index (χ0) is 29.7. The number of benzene rings is 8. The normalized spacial score (nSPS) is 11.6. The molecule has 0 aliphatic rings. The van der Waals surface area contributed by atoms with Crippen molar-refractivity contribution in [2.24, 2.45) is 0 Å². The quantitative estimate of drug-likeness (QED) is 0.186. The van der Waals surface area contributed by atoms with Crippen molar-refractivity contribution < 1.29 is 0 Å². The van der Waals surface area contributed by atoms with E-state index in [1.54, 1.807) is 11.3 Å². The van der Waals surface area contributed by atoms with Crippen LogP contribution in [0, 0.1) is 0 Å². The molecular formula is C43H27NS. The highest BCUT2D eigenvalue weighted by Gasteiger charge is 2.18. The van der Waals surface area contributed by atoms with E-state index in [2.05, 4.69) is 158 Å². The molecule has 0 bridgehead atoms. The van der Waals surface area contributed by atoms with Gasteiger partial charge in [-0.1, -0.05) is 140 Å². The molecule has 0 aliphatic heterocycles. The highest BCUT2D eigenvalue weighted by molar-refractivity contribution is 7.21. The van der Waals surface area contributed by atoms with Gasteiger partial charge in [-0.3, -0.25) is 0 Å². The van der Waals surface area contributed by atoms with Crippen LogP contribution in [0.3, 0.4) is 0 Å². The number of fused-ring (bicyclic) bond motifs is 4. The predicted octanol–water partition coefficient (Wildman–Crippen LogP) is 12.4. The Bertz CT molecular complexity index is 2480. The first-order valence-corrected chi connectivity index (χ1v) is 16.1. The molecule has 0 amide bonds. The molecule has 1 heterocycles. The van der Waals surface area contributed by atoms with Crippen LogP contribution in [0.15, 0.2) is 164 Å². The van der Waals surface area contributed by atoms with Crippen molar-refractivity contribution in [1.29, 1.82) is 0 Å². The Kier molecular flexibility index (Phi) is 6.07. The Morgan fingerprint density at radius 3 is 1.62 bits per heavy atom. The van der Waals surface area contributed by atoms with Crippen LogP contribution in [-0.2, 0) is 0 Å². The van der Waals surface area contributed by atoms with Gasteiger partial charge in [0.05, 0.1) is 10.2 Å². The van der Waals surface area contributed by atoms with Gasteiger partial charge in [0.25, 0.3) is 0 Å². The van der Waals surface area contributed by atoms with E-state index in [0.717, 1.165) is 16.1 Å². The highest BCUT2D eigenvalue weighted by Crippen LogP contribution is 2.46. The van der Waals surface area contributed by atoms with E-state index in [-0.39, 0.29) is 0 Å². The van der Waals surface area contributed by atoms with E-state index in [1.807, 2.05) is 6.07 Å². The highest BCUT2D eigenvalue weighted by atomic mass is 32.1. The second-order valence-corrected chi connectivity index (χ2v) is 12.5. The lowest BCUT2D eigenvalue weighted by atomic mass is 9.84. The Hall–Kier alpha value is -5.57. The SMILES string of the molecule is c1ccc(-c2c3ccccc3c(-c3ccccc3)c3cc4c(-c5ccc(-c6nc7ccccc7s6)cc5)cccc4cc23)cc1. The van der Waals surface area contributed by atoms with Gasteiger partial charge in [0.2, 0.25) is 0 Å². The maximum absolute atomic E-state index is 4.88. The van der Waals surface area contributed by atoms with Crippen LogP contribution in [0.4, 0.5) is 0 Å². The average Bonchev–Trinajstić information content (AvgIpc) is 3.55. The number of thiazole rings is 1. The second kappa shape index (κ2) is 10.6. The van der Waals surface area contributed by atoms with Crippen molar-refractivity contribution in [3.8, 4) is 44.0 Å². The zero-order valence-corrected chi connectivity index (χ0v) is 25.3. The van der Waals surface area contributed by atoms with E-state index >= 15 is 0 Å². The lowest BCUT2D eigenvalue weighted by Gasteiger charge is -2.19. The summed E-state index contributed by atoms with van der Waals surface area (Å²) in [6.45, 7) is 0. The Labute approximate surface area is 265 Å². The van der Waals surface area contributed by atoms with E-state index in [1.165, 1.54) is 70.4 Å². The summed E-state index contributed by atoms with van der Waals surface area (Å²) in [4.78, 5) is 4.88. The van der Waals surface area contributed by atoms with Gasteiger partial charge in [-0.05, 0) is 90.0 Å². The van der Waals surface area contributed by atoms with Crippen LogP contribution in [0.25, 0.3) is 86.5 Å². The van der Waals surface area contributed by atoms with Gasteiger partial charge < -0.3 is 0 Å². The van der Waals surface area contributed by atoms with Crippen LogP contribution >= 0.6 is 11.3 Å². The van der Waals surface area contributed by atoms with E-state index in [0.29, 0.717) is 0 Å². The van der Waals surface area contributed by atoms with Gasteiger partial charge in [-0.15, -0.1) is 11.3 Å². The molecule has 0 fully saturated rings. The Morgan fingerprint density at radius 1 is 0.378 bits per heavy atom. The monoisotopic (exact) mass is 589 g/mol. The summed E-state index contributed by atoms with van der Waals surface area (Å²) in [5.41, 5.74) is 9.68. The molecule has 210 valence electrons. The first-order valence-electron chi connectivity index (χ1n) is 15.3. The van der Waals surface area contributed by atoms with Gasteiger partial charge in [-0.25, -0.2) is 4.98 Å². The van der Waals surface area contributed by atoms with Crippen molar-refractivity contribution in [2.75, 3.05) is 0 Å². The smallest absolute Gasteiger partial charge is 0.124 e. The van der Waals surface area contributed by atoms with Crippen molar-refractivity contribution >= 4 is 53.9 Å². The maximum atomic E-state index is 4.88. The number of aromatic nitrogens is 1. The third kappa shape index (κ3) is 4.34. The minimum Gasteiger partial charge on any atom is -0.236 e. The Morgan fingerprint density at radius 2 is 0.956 bits per heavy atom. The fourth-order valence-corrected chi connectivity index (χ4v) is 7.79. The molecular weight excluding hydrogens is 563 g/mol. The molecule has 0 spiro atoms. The summed E-state index contributed by atoms with van der Waals surface area (Å²) in [5, 5.41) is 8.63. The molecule has 0 saturated heterocycles. The lowest BCUT2D eigenvalue weighted by molar-refractivity contribution is 1.48. The predicted molar refractivity (Wildman–Crippen MR) is 194 cm³/mol. The van der Waals surface area contributed by atoms with E-state index in [4.69, 9.17) is 4.98 Å². The number of para-hydroxylation sites is 1. The van der Waals surface area contributed by atoms with Crippen LogP contribution in [-0.4, -0.2) is 4.98 Å². The number of nitrogens with zero attached hydrogens (tertiary/aromatic N) is 1. The second-order valence-electron chi connectivity index (χ2n) is 11.5. The first-order chi connectivity index (χ1) is 22.3. The molecule has 0 unspecified atom stereocenters. The minimum atomic E-state index is 1.05. The summed E-state index contributed by atoms with van der Waals surface area (Å²) in [6.07, 6.45) is 0. The van der Waals surface area contributed by atoms with Gasteiger partial charge in [0.1, 0.15) is 5.01 Å². The molecule has 9 rings (SSSR count). The Balaban J connectivity index is 1.30. The van der Waals surface area contributed by atoms with Gasteiger partial charge in [-0.2, -0.15) is 0 Å². The number of hydrogen-bond acceptors (Lipinski definition) is 2. The number of rotatable bonds is 4. The van der Waals surface area contributed by atoms with Crippen molar-refractivity contribution in [3.05, 3.63) is 164 Å². The fourth-order valence-electron chi connectivity index (χ4n) is 6.82. The topological polar surface area (TPSA) is 12.9 Å². The first kappa shape index (κ1) is 25.9. The molecule has 45 heavy (non-hydrogen) atoms. The largest absolute Gasteiger partial charge is 0.236 e. The molecule has 9 aromatic rings. The molecule has 0 atom stereocenters. The lowest BCUT2D eigenvalue weighted by Crippen LogP contribution is -1.92. The van der Waals surface area contributed by atoms with Crippen molar-refractivity contribution in [1.82, 2.24) is 4.98 Å². The zero-order valence-electron chi connectivity index (χ0n) is 24.4. The van der Waals surface area contributed by atoms with E-state index < -0.39 is 0 Å². The molecule has 1 aromatic heterocycles. The molecule has 0 saturated carbocycles. The molecule has 0 N–H and O–H groups in total. The molecule has 8 aromatic carbocycles. The maximum Gasteiger partial charge on any atom is 0.124 e. The third-order valence-electron chi connectivity index (χ3n) is 8.88. The van der Waals surface area contributed by atoms with Crippen LogP contribution in [0.1, 0.15) is 0 Å². The molecule has 1 nitrogen and oxygen atoms in total. The van der Waals surface area contributed by atoms with Gasteiger partial charge in [0.15, 0.2) is 0 Å². The van der Waals surface area contributed by atoms with Crippen molar-refractivity contribution in [3.63, 3.8) is 0 Å². The summed E-state index contributed by atoms with van der Waals surface area (Å²) in [6, 6.07) is 59.3. The molecule has 0 aliphatic carbocycles. The summed E-state index contributed by atoms with van der Waals surface area (Å²) < 4.78 is 1.22. The molecule has 0 radical (unpaired) electrons. The summed E-state index contributed by atoms with van der Waals surface area (Å²) >= 11 is 1.74. The fraction of sp³-hybridized carbons (Fsp3) is 0. The van der Waals surface area contributed by atoms with Crippen LogP contribution in [0.2, 0.25) is 0 Å². The number of hydrogen-bond donors (Lipinski definition) is 0. The van der Waals surface area contributed by atoms with E-state index in [9.17, 15) is 0 Å². The summed E-state index contributed by atoms with van der Waals surface area (Å²) in [5.74, 6) is 0. The average molecular weight is 590 g/mol. The van der Waals surface area contributed by atoms with Crippen molar-refractivity contribution in [2.45, 2.75) is 0 Å². The van der Waals surface area contributed by atoms with Gasteiger partial charge in [0, 0.05) is 5.56 Å². The third-order valence-corrected chi connectivity index (χ3v) is 9.97. The molecule has 2 heteroatoms. The summed E-state index contributed by atoms with van der Waals surface area (Å²) in [7, 11) is 0. The van der Waals surface area contributed by atoms with Gasteiger partial charge >= 0.3 is 0 Å². The van der Waals surface area contributed by atoms with Crippen LogP contribution < -0.4 is 0 Å².